The number of aromatic nitrogens is 4. The Labute approximate surface area is 288 Å². The highest BCUT2D eigenvalue weighted by Gasteiger charge is 2.39. The van der Waals surface area contributed by atoms with Crippen LogP contribution in [0.3, 0.4) is 0 Å². The Morgan fingerprint density at radius 2 is 1.86 bits per heavy atom. The number of H-pyrrole nitrogens is 1. The van der Waals surface area contributed by atoms with E-state index in [-0.39, 0.29) is 22.8 Å². The van der Waals surface area contributed by atoms with Gasteiger partial charge in [0.25, 0.3) is 0 Å². The Balaban J connectivity index is 1.35. The van der Waals surface area contributed by atoms with Crippen molar-refractivity contribution in [3.8, 4) is 11.5 Å². The number of benzene rings is 3. The molecule has 6 rings (SSSR count). The number of methoxy groups -OCH3 is 2. The molecule has 0 radical (unpaired) electrons. The fourth-order valence-corrected chi connectivity index (χ4v) is 8.37. The molecule has 0 saturated carbocycles. The van der Waals surface area contributed by atoms with Crippen molar-refractivity contribution in [3.63, 3.8) is 0 Å². The van der Waals surface area contributed by atoms with Crippen LogP contribution in [0.25, 0.3) is 0 Å². The van der Waals surface area contributed by atoms with Crippen molar-refractivity contribution in [1.29, 1.82) is 0 Å². The van der Waals surface area contributed by atoms with Crippen LogP contribution in [0.5, 0.6) is 11.5 Å². The monoisotopic (exact) mass is 690 g/mol. The van der Waals surface area contributed by atoms with Crippen molar-refractivity contribution < 1.29 is 27.4 Å². The normalized spacial score (nSPS) is 20.7. The summed E-state index contributed by atoms with van der Waals surface area (Å²) in [7, 11) is -0.654. The van der Waals surface area contributed by atoms with Crippen LogP contribution in [0, 0.1) is 6.92 Å². The van der Waals surface area contributed by atoms with E-state index < -0.39 is 21.4 Å². The average molecular weight is 691 g/mol. The molecule has 1 fully saturated rings. The van der Waals surface area contributed by atoms with Gasteiger partial charge in [0, 0.05) is 44.7 Å². The minimum Gasteiger partial charge on any atom is -0.497 e. The number of hydrogen-bond donors (Lipinski definition) is 2. The fourth-order valence-electron chi connectivity index (χ4n) is 6.81. The SMILES string of the molecule is COCCCN1CCOc2ccc(C(O[C@H]3CN[C@@H](CC(C)c4nn[nH]n4)C[C@@H]3c3ccc(OC)cc3)S(=O)(=O)c3ccc(C)cc3)cc21. The molecule has 13 heteroatoms. The number of ether oxygens (including phenoxy) is 4. The number of rotatable bonds is 14. The Bertz CT molecular complexity index is 1750. The highest BCUT2D eigenvalue weighted by atomic mass is 32.2. The third-order valence-corrected chi connectivity index (χ3v) is 11.4. The van der Waals surface area contributed by atoms with Gasteiger partial charge in [-0.3, -0.25) is 0 Å². The van der Waals surface area contributed by atoms with Gasteiger partial charge in [-0.2, -0.15) is 5.21 Å². The number of fused-ring (bicyclic) bond motifs is 1. The molecule has 2 aliphatic heterocycles. The van der Waals surface area contributed by atoms with Crippen molar-refractivity contribution in [1.82, 2.24) is 25.9 Å². The maximum atomic E-state index is 14.6. The molecule has 262 valence electrons. The maximum Gasteiger partial charge on any atom is 0.209 e. The van der Waals surface area contributed by atoms with Crippen molar-refractivity contribution in [2.75, 3.05) is 52.0 Å². The van der Waals surface area contributed by atoms with Crippen molar-refractivity contribution in [3.05, 3.63) is 89.2 Å². The highest BCUT2D eigenvalue weighted by molar-refractivity contribution is 7.91. The van der Waals surface area contributed by atoms with Crippen molar-refractivity contribution >= 4 is 15.5 Å². The summed E-state index contributed by atoms with van der Waals surface area (Å²) in [5.74, 6) is 2.12. The topological polar surface area (TPSA) is 141 Å². The van der Waals surface area contributed by atoms with Crippen LogP contribution in [-0.4, -0.2) is 88.3 Å². The van der Waals surface area contributed by atoms with Crippen LogP contribution in [0.1, 0.15) is 66.0 Å². The van der Waals surface area contributed by atoms with Gasteiger partial charge in [0.15, 0.2) is 11.3 Å². The summed E-state index contributed by atoms with van der Waals surface area (Å²) in [6.45, 7) is 7.14. The number of nitrogens with zero attached hydrogens (tertiary/aromatic N) is 4. The zero-order chi connectivity index (χ0) is 34.4. The smallest absolute Gasteiger partial charge is 0.209 e. The predicted molar refractivity (Wildman–Crippen MR) is 186 cm³/mol. The molecule has 0 aliphatic carbocycles. The molecule has 1 saturated heterocycles. The summed E-state index contributed by atoms with van der Waals surface area (Å²) in [5, 5.41) is 18.3. The first-order chi connectivity index (χ1) is 23.8. The Morgan fingerprint density at radius 1 is 1.06 bits per heavy atom. The largest absolute Gasteiger partial charge is 0.497 e. The number of anilines is 1. The number of aromatic amines is 1. The minimum absolute atomic E-state index is 0.0736. The molecule has 5 atom stereocenters. The molecular formula is C36H46N6O6S. The van der Waals surface area contributed by atoms with E-state index in [1.54, 1.807) is 26.4 Å². The number of piperidine rings is 1. The molecule has 0 amide bonds. The zero-order valence-electron chi connectivity index (χ0n) is 28.5. The van der Waals surface area contributed by atoms with Crippen LogP contribution in [0.4, 0.5) is 5.69 Å². The lowest BCUT2D eigenvalue weighted by atomic mass is 9.81. The molecule has 3 heterocycles. The number of tetrazole rings is 1. The third kappa shape index (κ3) is 8.07. The lowest BCUT2D eigenvalue weighted by Gasteiger charge is -2.39. The van der Waals surface area contributed by atoms with E-state index in [9.17, 15) is 8.42 Å². The van der Waals surface area contributed by atoms with Gasteiger partial charge in [-0.15, -0.1) is 10.2 Å². The predicted octanol–water partition coefficient (Wildman–Crippen LogP) is 4.95. The number of aryl methyl sites for hydroxylation is 1. The van der Waals surface area contributed by atoms with Crippen LogP contribution in [-0.2, 0) is 19.3 Å². The highest BCUT2D eigenvalue weighted by Crippen LogP contribution is 2.42. The molecule has 2 N–H and O–H groups in total. The summed E-state index contributed by atoms with van der Waals surface area (Å²) in [6.07, 6.45) is 1.89. The van der Waals surface area contributed by atoms with Crippen molar-refractivity contribution in [2.24, 2.45) is 0 Å². The van der Waals surface area contributed by atoms with Crippen LogP contribution in [0.2, 0.25) is 0 Å². The van der Waals surface area contributed by atoms with E-state index >= 15 is 0 Å². The van der Waals surface area contributed by atoms with Gasteiger partial charge in [-0.05, 0) is 73.7 Å². The standard InChI is InChI=1S/C36H46N6O6S/c1-24-6-13-30(14-7-24)49(43,44)36(27-10-15-33-32(21-27)42(17-19-47-33)16-5-18-45-3)48-34-23-37-28(20-25(2)35-38-40-41-39-35)22-31(34)26-8-11-29(46-4)12-9-26/h6-15,21,25,28,31,34,36-37H,5,16-20,22-23H2,1-4H3,(H,38,39,40,41)/t25?,28-,31+,34-,36?/m0/s1. The van der Waals surface area contributed by atoms with Gasteiger partial charge in [0.05, 0.1) is 30.3 Å². The van der Waals surface area contributed by atoms with Crippen LogP contribution < -0.4 is 19.7 Å². The first kappa shape index (κ1) is 34.8. The molecule has 0 bridgehead atoms. The molecule has 1 aromatic heterocycles. The zero-order valence-corrected chi connectivity index (χ0v) is 29.4. The Hall–Kier alpha value is -4.04. The Kier molecular flexibility index (Phi) is 11.1. The van der Waals surface area contributed by atoms with Gasteiger partial charge >= 0.3 is 0 Å². The lowest BCUT2D eigenvalue weighted by Crippen LogP contribution is -2.48. The maximum absolute atomic E-state index is 14.6. The summed E-state index contributed by atoms with van der Waals surface area (Å²) in [6, 6.07) is 20.7. The summed E-state index contributed by atoms with van der Waals surface area (Å²) >= 11 is 0. The van der Waals surface area contributed by atoms with Gasteiger partial charge in [-0.1, -0.05) is 48.0 Å². The third-order valence-electron chi connectivity index (χ3n) is 9.50. The first-order valence-electron chi connectivity index (χ1n) is 16.8. The lowest BCUT2D eigenvalue weighted by molar-refractivity contribution is -0.00706. The first-order valence-corrected chi connectivity index (χ1v) is 18.4. The summed E-state index contributed by atoms with van der Waals surface area (Å²) < 4.78 is 52.8. The molecule has 2 unspecified atom stereocenters. The van der Waals surface area contributed by atoms with Crippen molar-refractivity contribution in [2.45, 2.75) is 67.4 Å². The second-order valence-electron chi connectivity index (χ2n) is 12.9. The molecule has 49 heavy (non-hydrogen) atoms. The average Bonchev–Trinajstić information content (AvgIpc) is 3.67. The quantitative estimate of drug-likeness (QED) is 0.174. The van der Waals surface area contributed by atoms with Crippen LogP contribution in [0.15, 0.2) is 71.6 Å². The number of nitrogens with one attached hydrogen (secondary N) is 2. The van der Waals surface area contributed by atoms with Gasteiger partial charge in [-0.25, -0.2) is 8.42 Å². The van der Waals surface area contributed by atoms with E-state index in [1.165, 1.54) is 0 Å². The molecular weight excluding hydrogens is 644 g/mol. The fraction of sp³-hybridized carbons (Fsp3) is 0.472. The van der Waals surface area contributed by atoms with Crippen LogP contribution >= 0.6 is 0 Å². The Morgan fingerprint density at radius 3 is 2.57 bits per heavy atom. The van der Waals surface area contributed by atoms with E-state index in [2.05, 4.69) is 37.8 Å². The second-order valence-corrected chi connectivity index (χ2v) is 14.9. The molecule has 3 aromatic carbocycles. The second kappa shape index (κ2) is 15.7. The molecule has 4 aromatic rings. The van der Waals surface area contributed by atoms with Gasteiger partial charge in [0.2, 0.25) is 9.84 Å². The molecule has 2 aliphatic rings. The molecule has 0 spiro atoms. The van der Waals surface area contributed by atoms with E-state index in [1.807, 2.05) is 61.5 Å². The summed E-state index contributed by atoms with van der Waals surface area (Å²) in [5.41, 5.74) is 2.19. The summed E-state index contributed by atoms with van der Waals surface area (Å²) in [4.78, 5) is 2.44. The molecule has 12 nitrogen and oxygen atoms in total. The minimum atomic E-state index is -3.99. The van der Waals surface area contributed by atoms with E-state index in [4.69, 9.17) is 18.9 Å². The number of hydrogen-bond acceptors (Lipinski definition) is 11. The van der Waals surface area contributed by atoms with Gasteiger partial charge in [0.1, 0.15) is 18.1 Å². The number of sulfone groups is 1. The van der Waals surface area contributed by atoms with E-state index in [0.29, 0.717) is 37.7 Å². The van der Waals surface area contributed by atoms with E-state index in [0.717, 1.165) is 54.1 Å². The van der Waals surface area contributed by atoms with Gasteiger partial charge < -0.3 is 29.2 Å².